The molecule has 20 heavy (non-hydrogen) atoms. The first-order chi connectivity index (χ1) is 9.00. The molecule has 0 aromatic heterocycles. The smallest absolute Gasteiger partial charge is 0.321 e. The van der Waals surface area contributed by atoms with E-state index in [9.17, 15) is 0 Å². The molecule has 5 heteroatoms. The van der Waals surface area contributed by atoms with Gasteiger partial charge in [-0.1, -0.05) is 31.2 Å². The second kappa shape index (κ2) is 8.29. The average Bonchev–Trinajstić information content (AvgIpc) is 2.25. The number of rotatable bonds is 10. The monoisotopic (exact) mass is 316 g/mol. The standard InChI is InChI=1S/C15H32O3Si2/c1-10-15(16-11-13(2)3)19(6,7)18-20(8,9)17-12-14(4)5/h15H,2,4,10-12H2,1,3,5-9H3. The van der Waals surface area contributed by atoms with Crippen molar-refractivity contribution in [2.75, 3.05) is 13.2 Å². The van der Waals surface area contributed by atoms with Crippen molar-refractivity contribution in [1.29, 1.82) is 0 Å². The average molecular weight is 317 g/mol. The summed E-state index contributed by atoms with van der Waals surface area (Å²) in [6.07, 6.45) is 0.956. The van der Waals surface area contributed by atoms with Crippen molar-refractivity contribution >= 4 is 16.9 Å². The van der Waals surface area contributed by atoms with Crippen LogP contribution in [0.25, 0.3) is 0 Å². The van der Waals surface area contributed by atoms with Crippen LogP contribution in [0.3, 0.4) is 0 Å². The summed E-state index contributed by atoms with van der Waals surface area (Å²) in [6.45, 7) is 23.6. The van der Waals surface area contributed by atoms with Crippen LogP contribution in [0.4, 0.5) is 0 Å². The van der Waals surface area contributed by atoms with Gasteiger partial charge in [-0.3, -0.25) is 0 Å². The molecule has 118 valence electrons. The third-order valence-corrected chi connectivity index (χ3v) is 9.89. The number of ether oxygens (including phenoxy) is 1. The molecule has 0 saturated heterocycles. The lowest BCUT2D eigenvalue weighted by molar-refractivity contribution is 0.103. The van der Waals surface area contributed by atoms with Crippen LogP contribution in [0.15, 0.2) is 24.3 Å². The van der Waals surface area contributed by atoms with Crippen LogP contribution in [0.5, 0.6) is 0 Å². The van der Waals surface area contributed by atoms with Crippen molar-refractivity contribution < 1.29 is 13.3 Å². The molecule has 0 amide bonds. The first-order valence-corrected chi connectivity index (χ1v) is 13.0. The lowest BCUT2D eigenvalue weighted by atomic mass is 10.4. The Kier molecular flexibility index (Phi) is 8.20. The van der Waals surface area contributed by atoms with Crippen molar-refractivity contribution in [3.05, 3.63) is 24.3 Å². The van der Waals surface area contributed by atoms with E-state index in [-0.39, 0.29) is 5.73 Å². The van der Waals surface area contributed by atoms with E-state index in [1.807, 2.05) is 13.8 Å². The summed E-state index contributed by atoms with van der Waals surface area (Å²) in [6, 6.07) is 0. The van der Waals surface area contributed by atoms with Crippen molar-refractivity contribution in [1.82, 2.24) is 0 Å². The quantitative estimate of drug-likeness (QED) is 0.441. The van der Waals surface area contributed by atoms with Gasteiger partial charge in [0.2, 0.25) is 8.32 Å². The highest BCUT2D eigenvalue weighted by atomic mass is 28.4. The highest BCUT2D eigenvalue weighted by molar-refractivity contribution is 6.82. The molecule has 0 spiro atoms. The van der Waals surface area contributed by atoms with Crippen LogP contribution >= 0.6 is 0 Å². The molecule has 0 fully saturated rings. The Labute approximate surface area is 127 Å². The summed E-state index contributed by atoms with van der Waals surface area (Å²) in [5.74, 6) is 0. The fourth-order valence-corrected chi connectivity index (χ4v) is 9.97. The largest absolute Gasteiger partial charge is 0.434 e. The summed E-state index contributed by atoms with van der Waals surface area (Å²) in [4.78, 5) is 0. The molecule has 3 nitrogen and oxygen atoms in total. The predicted octanol–water partition coefficient (Wildman–Crippen LogP) is 4.41. The third-order valence-electron chi connectivity index (χ3n) is 2.85. The van der Waals surface area contributed by atoms with E-state index in [4.69, 9.17) is 13.3 Å². The molecule has 0 N–H and O–H groups in total. The molecule has 0 aliphatic rings. The van der Waals surface area contributed by atoms with Crippen LogP contribution < -0.4 is 0 Å². The summed E-state index contributed by atoms with van der Waals surface area (Å²) in [5, 5.41) is 0. The van der Waals surface area contributed by atoms with E-state index < -0.39 is 16.9 Å². The Hall–Kier alpha value is -0.206. The first-order valence-electron chi connectivity index (χ1n) is 7.24. The minimum absolute atomic E-state index is 0.166. The molecule has 0 aromatic carbocycles. The molecule has 0 aliphatic heterocycles. The topological polar surface area (TPSA) is 27.7 Å². The zero-order valence-corrected chi connectivity index (χ0v) is 16.3. The van der Waals surface area contributed by atoms with E-state index in [1.54, 1.807) is 0 Å². The molecular weight excluding hydrogens is 284 g/mol. The third kappa shape index (κ3) is 8.16. The van der Waals surface area contributed by atoms with Gasteiger partial charge in [-0.25, -0.2) is 0 Å². The second-order valence-corrected chi connectivity index (χ2v) is 14.3. The summed E-state index contributed by atoms with van der Waals surface area (Å²) >= 11 is 0. The normalized spacial score (nSPS) is 14.2. The van der Waals surface area contributed by atoms with Gasteiger partial charge in [0.05, 0.1) is 18.9 Å². The lowest BCUT2D eigenvalue weighted by Crippen LogP contribution is -2.54. The summed E-state index contributed by atoms with van der Waals surface area (Å²) < 4.78 is 18.3. The van der Waals surface area contributed by atoms with Gasteiger partial charge in [-0.15, -0.1) is 0 Å². The van der Waals surface area contributed by atoms with Crippen molar-refractivity contribution in [2.24, 2.45) is 0 Å². The Balaban J connectivity index is 4.65. The highest BCUT2D eigenvalue weighted by Gasteiger charge is 2.40. The van der Waals surface area contributed by atoms with Crippen molar-refractivity contribution in [3.63, 3.8) is 0 Å². The van der Waals surface area contributed by atoms with Crippen molar-refractivity contribution in [2.45, 2.75) is 59.1 Å². The molecular formula is C15H32O3Si2. The zero-order chi connectivity index (χ0) is 16.0. The fourth-order valence-electron chi connectivity index (χ4n) is 2.08. The maximum absolute atomic E-state index is 6.42. The van der Waals surface area contributed by atoms with E-state index in [1.165, 1.54) is 0 Å². The zero-order valence-electron chi connectivity index (χ0n) is 14.3. The molecule has 1 unspecified atom stereocenters. The van der Waals surface area contributed by atoms with Gasteiger partial charge in [0.15, 0.2) is 0 Å². The van der Waals surface area contributed by atoms with E-state index in [2.05, 4.69) is 46.3 Å². The van der Waals surface area contributed by atoms with E-state index >= 15 is 0 Å². The number of hydrogen-bond donors (Lipinski definition) is 0. The van der Waals surface area contributed by atoms with Crippen molar-refractivity contribution in [3.8, 4) is 0 Å². The van der Waals surface area contributed by atoms with Gasteiger partial charge in [-0.2, -0.15) is 0 Å². The van der Waals surface area contributed by atoms with Crippen LogP contribution in [0.1, 0.15) is 27.2 Å². The fraction of sp³-hybridized carbons (Fsp3) is 0.733. The molecule has 0 aromatic rings. The summed E-state index contributed by atoms with van der Waals surface area (Å²) in [5.41, 5.74) is 2.24. The minimum Gasteiger partial charge on any atom is -0.434 e. The van der Waals surface area contributed by atoms with Crippen LogP contribution in [-0.2, 0) is 13.3 Å². The molecule has 0 bridgehead atoms. The Morgan fingerprint density at radius 2 is 1.50 bits per heavy atom. The Morgan fingerprint density at radius 1 is 1.00 bits per heavy atom. The molecule has 0 rings (SSSR count). The maximum Gasteiger partial charge on any atom is 0.321 e. The highest BCUT2D eigenvalue weighted by Crippen LogP contribution is 2.23. The molecule has 0 radical (unpaired) electrons. The molecule has 1 atom stereocenters. The summed E-state index contributed by atoms with van der Waals surface area (Å²) in [7, 11) is -4.10. The minimum atomic E-state index is -2.14. The van der Waals surface area contributed by atoms with Gasteiger partial charge in [-0.05, 0) is 46.5 Å². The molecule has 0 heterocycles. The van der Waals surface area contributed by atoms with Crippen LogP contribution in [0, 0.1) is 0 Å². The maximum atomic E-state index is 6.42. The van der Waals surface area contributed by atoms with E-state index in [0.29, 0.717) is 13.2 Å². The lowest BCUT2D eigenvalue weighted by Gasteiger charge is -2.38. The van der Waals surface area contributed by atoms with Gasteiger partial charge in [0.25, 0.3) is 0 Å². The second-order valence-electron chi connectivity index (χ2n) is 6.52. The number of hydrogen-bond acceptors (Lipinski definition) is 3. The van der Waals surface area contributed by atoms with Gasteiger partial charge < -0.3 is 13.3 Å². The molecule has 0 saturated carbocycles. The SMILES string of the molecule is C=C(C)COC(CC)[Si](C)(C)O[Si](C)(C)OCC(=C)C. The first kappa shape index (κ1) is 19.8. The van der Waals surface area contributed by atoms with E-state index in [0.717, 1.165) is 17.6 Å². The predicted molar refractivity (Wildman–Crippen MR) is 91.7 cm³/mol. The molecule has 0 aliphatic carbocycles. The van der Waals surface area contributed by atoms with Gasteiger partial charge in [0.1, 0.15) is 0 Å². The van der Waals surface area contributed by atoms with Gasteiger partial charge >= 0.3 is 8.56 Å². The van der Waals surface area contributed by atoms with Crippen LogP contribution in [-0.4, -0.2) is 35.8 Å². The van der Waals surface area contributed by atoms with Gasteiger partial charge in [0, 0.05) is 0 Å². The van der Waals surface area contributed by atoms with Crippen LogP contribution in [0.2, 0.25) is 26.2 Å². The Morgan fingerprint density at radius 3 is 1.90 bits per heavy atom. The Bertz CT molecular complexity index is 338.